The van der Waals surface area contributed by atoms with E-state index in [1.165, 1.54) is 6.07 Å². The van der Waals surface area contributed by atoms with Crippen LogP contribution in [-0.4, -0.2) is 19.2 Å². The van der Waals surface area contributed by atoms with Crippen LogP contribution < -0.4 is 15.1 Å². The van der Waals surface area contributed by atoms with Gasteiger partial charge in [0.2, 0.25) is 0 Å². The van der Waals surface area contributed by atoms with Crippen LogP contribution in [-0.2, 0) is 22.6 Å². The van der Waals surface area contributed by atoms with Crippen LogP contribution in [0.3, 0.4) is 0 Å². The number of esters is 1. The Morgan fingerprint density at radius 1 is 1.10 bits per heavy atom. The summed E-state index contributed by atoms with van der Waals surface area (Å²) in [7, 11) is 1.62. The molecule has 0 saturated carbocycles. The zero-order chi connectivity index (χ0) is 21.7. The Hall–Kier alpha value is -3.28. The number of benzene rings is 2. The summed E-state index contributed by atoms with van der Waals surface area (Å²) in [5.74, 6) is 1.08. The van der Waals surface area contributed by atoms with Gasteiger partial charge < -0.3 is 18.6 Å². The second-order valence-corrected chi connectivity index (χ2v) is 7.38. The van der Waals surface area contributed by atoms with Crippen LogP contribution in [0.1, 0.15) is 37.0 Å². The smallest absolute Gasteiger partial charge is 0.336 e. The maximum absolute atomic E-state index is 12.0. The summed E-state index contributed by atoms with van der Waals surface area (Å²) < 4.78 is 21.8. The fourth-order valence-electron chi connectivity index (χ4n) is 3.16. The van der Waals surface area contributed by atoms with Gasteiger partial charge in [0, 0.05) is 23.9 Å². The normalized spacial score (nSPS) is 11.0. The van der Waals surface area contributed by atoms with E-state index >= 15 is 0 Å². The molecule has 0 saturated heterocycles. The summed E-state index contributed by atoms with van der Waals surface area (Å²) in [6, 6.07) is 12.7. The fourth-order valence-corrected chi connectivity index (χ4v) is 3.16. The number of aryl methyl sites for hydroxylation is 2. The number of hydrogen-bond donors (Lipinski definition) is 0. The van der Waals surface area contributed by atoms with Gasteiger partial charge in [0.15, 0.2) is 0 Å². The van der Waals surface area contributed by atoms with Crippen LogP contribution in [0.4, 0.5) is 0 Å². The molecule has 3 aromatic rings. The number of ether oxygens (including phenoxy) is 3. The van der Waals surface area contributed by atoms with Crippen molar-refractivity contribution in [2.45, 2.75) is 46.3 Å². The first-order valence-corrected chi connectivity index (χ1v) is 9.88. The maximum Gasteiger partial charge on any atom is 0.336 e. The van der Waals surface area contributed by atoms with Crippen molar-refractivity contribution in [1.29, 1.82) is 0 Å². The quantitative estimate of drug-likeness (QED) is 0.400. The van der Waals surface area contributed by atoms with E-state index in [1.807, 2.05) is 51.1 Å². The molecule has 0 fully saturated rings. The Morgan fingerprint density at radius 3 is 2.50 bits per heavy atom. The predicted molar refractivity (Wildman–Crippen MR) is 114 cm³/mol. The second-order valence-electron chi connectivity index (χ2n) is 7.38. The standard InChI is InChI=1S/C24H26O6/c1-15(2)29-23(25)10-7-18-12-20-16(3)11-24(26)30-22(20)13-21(18)28-14-17-5-8-19(27-4)9-6-17/h5-6,8-9,11-13,15H,7,10,14H2,1-4H3. The molecule has 158 valence electrons. The molecule has 0 N–H and O–H groups in total. The molecule has 0 unspecified atom stereocenters. The van der Waals surface area contributed by atoms with E-state index in [9.17, 15) is 9.59 Å². The SMILES string of the molecule is COc1ccc(COc2cc3oc(=O)cc(C)c3cc2CCC(=O)OC(C)C)cc1. The highest BCUT2D eigenvalue weighted by Gasteiger charge is 2.14. The summed E-state index contributed by atoms with van der Waals surface area (Å²) in [6.45, 7) is 5.83. The largest absolute Gasteiger partial charge is 0.497 e. The molecule has 0 aliphatic carbocycles. The number of fused-ring (bicyclic) bond motifs is 1. The summed E-state index contributed by atoms with van der Waals surface area (Å²) in [5, 5.41) is 0.818. The Balaban J connectivity index is 1.88. The minimum absolute atomic E-state index is 0.156. The average molecular weight is 410 g/mol. The predicted octanol–water partition coefficient (Wildman–Crippen LogP) is 4.57. The third kappa shape index (κ3) is 5.41. The molecule has 0 amide bonds. The fraction of sp³-hybridized carbons (Fsp3) is 0.333. The van der Waals surface area contributed by atoms with Crippen molar-refractivity contribution in [1.82, 2.24) is 0 Å². The van der Waals surface area contributed by atoms with Crippen molar-refractivity contribution >= 4 is 16.9 Å². The Bertz CT molecular complexity index is 1080. The molecule has 6 heteroatoms. The third-order valence-electron chi connectivity index (χ3n) is 4.65. The van der Waals surface area contributed by atoms with Crippen LogP contribution in [0.15, 0.2) is 51.7 Å². The molecule has 6 nitrogen and oxygen atoms in total. The first kappa shape index (κ1) is 21.4. The zero-order valence-corrected chi connectivity index (χ0v) is 17.7. The molecule has 0 bridgehead atoms. The van der Waals surface area contributed by atoms with Gasteiger partial charge >= 0.3 is 11.6 Å². The first-order valence-electron chi connectivity index (χ1n) is 9.88. The van der Waals surface area contributed by atoms with Crippen molar-refractivity contribution in [2.24, 2.45) is 0 Å². The van der Waals surface area contributed by atoms with Crippen molar-refractivity contribution < 1.29 is 23.4 Å². The summed E-state index contributed by atoms with van der Waals surface area (Å²) >= 11 is 0. The molecule has 2 aromatic carbocycles. The molecule has 1 heterocycles. The molecule has 0 radical (unpaired) electrons. The van der Waals surface area contributed by atoms with Gasteiger partial charge in [-0.1, -0.05) is 12.1 Å². The van der Waals surface area contributed by atoms with Crippen LogP contribution >= 0.6 is 0 Å². The third-order valence-corrected chi connectivity index (χ3v) is 4.65. The van der Waals surface area contributed by atoms with E-state index in [0.717, 1.165) is 27.8 Å². The lowest BCUT2D eigenvalue weighted by Crippen LogP contribution is -2.12. The highest BCUT2D eigenvalue weighted by molar-refractivity contribution is 5.83. The monoisotopic (exact) mass is 410 g/mol. The molecular weight excluding hydrogens is 384 g/mol. The second kappa shape index (κ2) is 9.48. The number of carbonyl (C=O) groups excluding carboxylic acids is 1. The van der Waals surface area contributed by atoms with Gasteiger partial charge in [-0.2, -0.15) is 0 Å². The van der Waals surface area contributed by atoms with E-state index in [-0.39, 0.29) is 18.5 Å². The molecule has 0 aliphatic rings. The number of methoxy groups -OCH3 is 1. The van der Waals surface area contributed by atoms with Crippen molar-refractivity contribution in [3.8, 4) is 11.5 Å². The molecule has 0 aliphatic heterocycles. The minimum atomic E-state index is -0.408. The van der Waals surface area contributed by atoms with Crippen LogP contribution in [0.5, 0.6) is 11.5 Å². The molecule has 0 atom stereocenters. The highest BCUT2D eigenvalue weighted by Crippen LogP contribution is 2.29. The lowest BCUT2D eigenvalue weighted by atomic mass is 10.0. The molecule has 1 aromatic heterocycles. The number of carbonyl (C=O) groups is 1. The van der Waals surface area contributed by atoms with Crippen LogP contribution in [0.2, 0.25) is 0 Å². The van der Waals surface area contributed by atoms with Gasteiger partial charge in [-0.15, -0.1) is 0 Å². The van der Waals surface area contributed by atoms with E-state index in [4.69, 9.17) is 18.6 Å². The summed E-state index contributed by atoms with van der Waals surface area (Å²) in [6.07, 6.45) is 0.535. The number of rotatable bonds is 8. The van der Waals surface area contributed by atoms with Gasteiger partial charge in [0.05, 0.1) is 13.2 Å². The van der Waals surface area contributed by atoms with Gasteiger partial charge in [0.1, 0.15) is 23.7 Å². The van der Waals surface area contributed by atoms with Crippen molar-refractivity contribution in [2.75, 3.05) is 7.11 Å². The zero-order valence-electron chi connectivity index (χ0n) is 17.7. The van der Waals surface area contributed by atoms with Gasteiger partial charge in [-0.25, -0.2) is 4.79 Å². The summed E-state index contributed by atoms with van der Waals surface area (Å²) in [5.41, 5.74) is 2.68. The van der Waals surface area contributed by atoms with Crippen molar-refractivity contribution in [3.05, 3.63) is 69.6 Å². The maximum atomic E-state index is 12.0. The van der Waals surface area contributed by atoms with E-state index in [1.54, 1.807) is 13.2 Å². The van der Waals surface area contributed by atoms with Gasteiger partial charge in [0.25, 0.3) is 0 Å². The first-order chi connectivity index (χ1) is 14.4. The molecule has 0 spiro atoms. The van der Waals surface area contributed by atoms with E-state index < -0.39 is 5.63 Å². The van der Waals surface area contributed by atoms with Gasteiger partial charge in [-0.05, 0) is 62.1 Å². The Labute approximate surface area is 175 Å². The summed E-state index contributed by atoms with van der Waals surface area (Å²) in [4.78, 5) is 23.8. The van der Waals surface area contributed by atoms with E-state index in [0.29, 0.717) is 24.4 Å². The lowest BCUT2D eigenvalue weighted by Gasteiger charge is -2.14. The Morgan fingerprint density at radius 2 is 1.83 bits per heavy atom. The number of hydrogen-bond acceptors (Lipinski definition) is 6. The van der Waals surface area contributed by atoms with Crippen LogP contribution in [0, 0.1) is 6.92 Å². The lowest BCUT2D eigenvalue weighted by molar-refractivity contribution is -0.147. The topological polar surface area (TPSA) is 75.0 Å². The molecule has 30 heavy (non-hydrogen) atoms. The Kier molecular flexibility index (Phi) is 6.77. The highest BCUT2D eigenvalue weighted by atomic mass is 16.5. The van der Waals surface area contributed by atoms with E-state index in [2.05, 4.69) is 0 Å². The minimum Gasteiger partial charge on any atom is -0.497 e. The molecular formula is C24H26O6. The van der Waals surface area contributed by atoms with Gasteiger partial charge in [-0.3, -0.25) is 4.79 Å². The molecule has 3 rings (SSSR count). The van der Waals surface area contributed by atoms with Crippen LogP contribution in [0.25, 0.3) is 11.0 Å². The van der Waals surface area contributed by atoms with Crippen molar-refractivity contribution in [3.63, 3.8) is 0 Å². The average Bonchev–Trinajstić information content (AvgIpc) is 2.70.